The van der Waals surface area contributed by atoms with E-state index < -0.39 is 0 Å². The van der Waals surface area contributed by atoms with E-state index in [0.717, 1.165) is 24.2 Å². The Morgan fingerprint density at radius 2 is 1.06 bits per heavy atom. The number of anilines is 2. The number of hydrogen-bond donors (Lipinski definition) is 0. The van der Waals surface area contributed by atoms with Crippen LogP contribution in [-0.2, 0) is 12.8 Å². The number of aryl methyl sites for hydroxylation is 2. The molecule has 0 N–H and O–H groups in total. The van der Waals surface area contributed by atoms with Gasteiger partial charge in [0, 0.05) is 0 Å². The van der Waals surface area contributed by atoms with Gasteiger partial charge in [-0.25, -0.2) is 0 Å². The first-order valence-corrected chi connectivity index (χ1v) is 7.09. The molecule has 0 atom stereocenters. The molecule has 2 aromatic rings. The largest absolute Gasteiger partial charge is 0.277 e. The Labute approximate surface area is 118 Å². The first-order valence-electron chi connectivity index (χ1n) is 6.38. The van der Waals surface area contributed by atoms with E-state index in [4.69, 9.17) is 0 Å². The lowest BCUT2D eigenvalue weighted by Gasteiger charge is -2.17. The fraction of sp³-hybridized carbons (Fsp3) is 0.250. The molecule has 0 bridgehead atoms. The molecule has 2 rings (SSSR count). The lowest BCUT2D eigenvalue weighted by Crippen LogP contribution is -2.01. The Morgan fingerprint density at radius 3 is 1.33 bits per heavy atom. The zero-order valence-corrected chi connectivity index (χ0v) is 12.4. The molecular weight excluding hydrogens is 286 g/mol. The van der Waals surface area contributed by atoms with Crippen molar-refractivity contribution in [1.29, 1.82) is 0 Å². The Bertz CT molecular complexity index is 440. The molecule has 0 fully saturated rings. The van der Waals surface area contributed by atoms with Crippen LogP contribution in [0, 0.1) is 0 Å². The minimum atomic E-state index is 1.08. The summed E-state index contributed by atoms with van der Waals surface area (Å²) in [6, 6.07) is 17.2. The SMILES string of the molecule is CCc1ccc(N(Br)c2ccc(CC)cc2)cc1. The van der Waals surface area contributed by atoms with Crippen molar-refractivity contribution >= 4 is 27.5 Å². The van der Waals surface area contributed by atoms with E-state index in [1.165, 1.54) is 11.1 Å². The number of rotatable bonds is 4. The van der Waals surface area contributed by atoms with E-state index in [2.05, 4.69) is 78.5 Å². The molecule has 0 aliphatic heterocycles. The molecule has 0 heterocycles. The maximum atomic E-state index is 3.62. The first kappa shape index (κ1) is 13.2. The van der Waals surface area contributed by atoms with Crippen LogP contribution >= 0.6 is 16.1 Å². The van der Waals surface area contributed by atoms with Crippen molar-refractivity contribution in [1.82, 2.24) is 0 Å². The summed E-state index contributed by atoms with van der Waals surface area (Å²) in [7, 11) is 0. The second-order valence-corrected chi connectivity index (χ2v) is 5.03. The van der Waals surface area contributed by atoms with Gasteiger partial charge in [-0.15, -0.1) is 0 Å². The van der Waals surface area contributed by atoms with Crippen LogP contribution in [-0.4, -0.2) is 0 Å². The van der Waals surface area contributed by atoms with Crippen LogP contribution in [0.2, 0.25) is 0 Å². The molecule has 1 nitrogen and oxygen atoms in total. The van der Waals surface area contributed by atoms with E-state index in [9.17, 15) is 0 Å². The zero-order chi connectivity index (χ0) is 13.0. The van der Waals surface area contributed by atoms with Gasteiger partial charge in [-0.05, 0) is 48.2 Å². The van der Waals surface area contributed by atoms with Crippen molar-refractivity contribution in [2.24, 2.45) is 0 Å². The summed E-state index contributed by atoms with van der Waals surface area (Å²) in [5.74, 6) is 0. The van der Waals surface area contributed by atoms with Crippen molar-refractivity contribution in [3.05, 3.63) is 59.7 Å². The smallest absolute Gasteiger partial charge is 0.0551 e. The minimum Gasteiger partial charge on any atom is -0.277 e. The van der Waals surface area contributed by atoms with Gasteiger partial charge in [-0.3, -0.25) is 3.93 Å². The fourth-order valence-corrected chi connectivity index (χ4v) is 2.35. The highest BCUT2D eigenvalue weighted by molar-refractivity contribution is 9.10. The molecule has 0 spiro atoms. The number of hydrogen-bond acceptors (Lipinski definition) is 1. The monoisotopic (exact) mass is 303 g/mol. The van der Waals surface area contributed by atoms with E-state index in [-0.39, 0.29) is 0 Å². The highest BCUT2D eigenvalue weighted by atomic mass is 79.9. The molecule has 0 aromatic heterocycles. The van der Waals surface area contributed by atoms with Crippen LogP contribution in [0.25, 0.3) is 0 Å². The van der Waals surface area contributed by atoms with Gasteiger partial charge in [0.25, 0.3) is 0 Å². The number of nitrogens with zero attached hydrogens (tertiary/aromatic N) is 1. The summed E-state index contributed by atoms with van der Waals surface area (Å²) in [5.41, 5.74) is 5.02. The van der Waals surface area contributed by atoms with Gasteiger partial charge in [0.05, 0.1) is 27.5 Å². The average Bonchev–Trinajstić information content (AvgIpc) is 2.47. The third-order valence-corrected chi connectivity index (χ3v) is 3.96. The Hall–Kier alpha value is -1.28. The van der Waals surface area contributed by atoms with Crippen LogP contribution in [0.4, 0.5) is 11.4 Å². The van der Waals surface area contributed by atoms with Gasteiger partial charge in [0.15, 0.2) is 0 Å². The lowest BCUT2D eigenvalue weighted by atomic mass is 10.1. The maximum Gasteiger partial charge on any atom is 0.0551 e. The molecule has 0 aliphatic rings. The molecular formula is C16H18BrN. The molecule has 0 unspecified atom stereocenters. The number of halogens is 1. The molecule has 0 amide bonds. The highest BCUT2D eigenvalue weighted by Crippen LogP contribution is 2.29. The van der Waals surface area contributed by atoms with Crippen molar-refractivity contribution < 1.29 is 0 Å². The van der Waals surface area contributed by atoms with Crippen molar-refractivity contribution in [2.45, 2.75) is 26.7 Å². The second-order valence-electron chi connectivity index (χ2n) is 4.32. The third-order valence-electron chi connectivity index (χ3n) is 3.14. The normalized spacial score (nSPS) is 10.4. The predicted molar refractivity (Wildman–Crippen MR) is 82.7 cm³/mol. The van der Waals surface area contributed by atoms with Gasteiger partial charge in [-0.1, -0.05) is 38.1 Å². The predicted octanol–water partition coefficient (Wildman–Crippen LogP) is 5.26. The summed E-state index contributed by atoms with van der Waals surface area (Å²) in [6.07, 6.45) is 2.15. The topological polar surface area (TPSA) is 3.24 Å². The summed E-state index contributed by atoms with van der Waals surface area (Å²) in [6.45, 7) is 4.34. The summed E-state index contributed by atoms with van der Waals surface area (Å²) >= 11 is 3.62. The Balaban J connectivity index is 2.20. The Morgan fingerprint density at radius 1 is 0.722 bits per heavy atom. The van der Waals surface area contributed by atoms with Gasteiger partial charge in [0.1, 0.15) is 0 Å². The van der Waals surface area contributed by atoms with Crippen molar-refractivity contribution in [2.75, 3.05) is 3.93 Å². The van der Waals surface area contributed by atoms with E-state index in [0.29, 0.717) is 0 Å². The van der Waals surface area contributed by atoms with Gasteiger partial charge >= 0.3 is 0 Å². The standard InChI is InChI=1S/C16H18BrN/c1-3-13-5-9-15(10-6-13)18(17)16-11-7-14(4-2)8-12-16/h5-12H,3-4H2,1-2H3. The molecule has 0 aliphatic carbocycles. The van der Waals surface area contributed by atoms with E-state index in [1.807, 2.05) is 3.93 Å². The fourth-order valence-electron chi connectivity index (χ4n) is 1.87. The zero-order valence-electron chi connectivity index (χ0n) is 10.9. The van der Waals surface area contributed by atoms with Gasteiger partial charge in [-0.2, -0.15) is 0 Å². The van der Waals surface area contributed by atoms with Gasteiger partial charge in [0.2, 0.25) is 0 Å². The summed E-state index contributed by atoms with van der Waals surface area (Å²) in [4.78, 5) is 0. The quantitative estimate of drug-likeness (QED) is 0.696. The van der Waals surface area contributed by atoms with Crippen LogP contribution < -0.4 is 3.93 Å². The van der Waals surface area contributed by atoms with Crippen molar-refractivity contribution in [3.63, 3.8) is 0 Å². The van der Waals surface area contributed by atoms with Gasteiger partial charge < -0.3 is 0 Å². The maximum absolute atomic E-state index is 3.62. The minimum absolute atomic E-state index is 1.08. The van der Waals surface area contributed by atoms with Crippen molar-refractivity contribution in [3.8, 4) is 0 Å². The molecule has 0 radical (unpaired) electrons. The van der Waals surface area contributed by atoms with Crippen LogP contribution in [0.15, 0.2) is 48.5 Å². The van der Waals surface area contributed by atoms with E-state index >= 15 is 0 Å². The van der Waals surface area contributed by atoms with Crippen LogP contribution in [0.3, 0.4) is 0 Å². The summed E-state index contributed by atoms with van der Waals surface area (Å²) in [5, 5.41) is 0. The highest BCUT2D eigenvalue weighted by Gasteiger charge is 2.05. The average molecular weight is 304 g/mol. The number of benzene rings is 2. The third kappa shape index (κ3) is 2.94. The van der Waals surface area contributed by atoms with E-state index in [1.54, 1.807) is 0 Å². The lowest BCUT2D eigenvalue weighted by molar-refractivity contribution is 1.14. The molecule has 94 valence electrons. The molecule has 2 aromatic carbocycles. The molecule has 2 heteroatoms. The van der Waals surface area contributed by atoms with Crippen LogP contribution in [0.5, 0.6) is 0 Å². The second kappa shape index (κ2) is 6.05. The Kier molecular flexibility index (Phi) is 4.43. The molecule has 18 heavy (non-hydrogen) atoms. The van der Waals surface area contributed by atoms with Crippen LogP contribution in [0.1, 0.15) is 25.0 Å². The first-order chi connectivity index (χ1) is 8.74. The molecule has 0 saturated heterocycles. The molecule has 0 saturated carbocycles. The summed E-state index contributed by atoms with van der Waals surface area (Å²) < 4.78 is 2.03.